The van der Waals surface area contributed by atoms with Crippen molar-refractivity contribution >= 4 is 18.3 Å². The summed E-state index contributed by atoms with van der Waals surface area (Å²) >= 11 is 0. The summed E-state index contributed by atoms with van der Waals surface area (Å²) in [5.74, 6) is 1.16. The second kappa shape index (κ2) is 11.3. The standard InChI is InChI=1S/C16H33N3O.ClH/c1-5-18(6-2)11-12-19(13-14(3)4)16(20)15-7-9-17-10-8-15;/h14-15,17H,5-13H2,1-4H3;1H. The van der Waals surface area contributed by atoms with Crippen molar-refractivity contribution in [2.75, 3.05) is 45.8 Å². The van der Waals surface area contributed by atoms with Gasteiger partial charge in [-0.25, -0.2) is 0 Å². The van der Waals surface area contributed by atoms with E-state index in [1.54, 1.807) is 0 Å². The summed E-state index contributed by atoms with van der Waals surface area (Å²) in [6, 6.07) is 0. The monoisotopic (exact) mass is 319 g/mol. The van der Waals surface area contributed by atoms with Gasteiger partial charge >= 0.3 is 0 Å². The molecule has 126 valence electrons. The molecule has 1 N–H and O–H groups in total. The van der Waals surface area contributed by atoms with Crippen LogP contribution in [0.15, 0.2) is 0 Å². The average molecular weight is 320 g/mol. The number of nitrogens with zero attached hydrogens (tertiary/aromatic N) is 2. The molecule has 0 radical (unpaired) electrons. The number of piperidine rings is 1. The van der Waals surface area contributed by atoms with E-state index in [0.717, 1.165) is 58.7 Å². The van der Waals surface area contributed by atoms with Gasteiger partial charge in [-0.3, -0.25) is 4.79 Å². The molecule has 1 rings (SSSR count). The molecule has 0 aliphatic carbocycles. The van der Waals surface area contributed by atoms with Gasteiger partial charge in [-0.1, -0.05) is 27.7 Å². The quantitative estimate of drug-likeness (QED) is 0.745. The lowest BCUT2D eigenvalue weighted by molar-refractivity contribution is -0.137. The Hall–Kier alpha value is -0.320. The molecule has 4 nitrogen and oxygen atoms in total. The molecule has 0 bridgehead atoms. The lowest BCUT2D eigenvalue weighted by Gasteiger charge is -2.32. The minimum Gasteiger partial charge on any atom is -0.341 e. The van der Waals surface area contributed by atoms with E-state index < -0.39 is 0 Å². The third kappa shape index (κ3) is 7.48. The summed E-state index contributed by atoms with van der Waals surface area (Å²) < 4.78 is 0. The van der Waals surface area contributed by atoms with Crippen LogP contribution in [0.25, 0.3) is 0 Å². The van der Waals surface area contributed by atoms with Gasteiger partial charge in [-0.15, -0.1) is 12.4 Å². The minimum absolute atomic E-state index is 0. The van der Waals surface area contributed by atoms with Crippen molar-refractivity contribution in [1.29, 1.82) is 0 Å². The molecule has 0 aromatic rings. The zero-order chi connectivity index (χ0) is 15.0. The van der Waals surface area contributed by atoms with Crippen molar-refractivity contribution in [3.05, 3.63) is 0 Å². The van der Waals surface area contributed by atoms with Crippen LogP contribution in [-0.4, -0.2) is 61.5 Å². The number of carbonyl (C=O) groups excluding carboxylic acids is 1. The average Bonchev–Trinajstić information content (AvgIpc) is 2.46. The first-order valence-corrected chi connectivity index (χ1v) is 8.30. The van der Waals surface area contributed by atoms with Crippen molar-refractivity contribution in [2.45, 2.75) is 40.5 Å². The molecule has 1 aliphatic heterocycles. The highest BCUT2D eigenvalue weighted by atomic mass is 35.5. The predicted octanol–water partition coefficient (Wildman–Crippen LogP) is 2.23. The SMILES string of the molecule is CCN(CC)CCN(CC(C)C)C(=O)C1CCNCC1.Cl. The number of likely N-dealkylation sites (N-methyl/N-ethyl adjacent to an activating group) is 1. The molecule has 21 heavy (non-hydrogen) atoms. The van der Waals surface area contributed by atoms with Crippen LogP contribution in [0.4, 0.5) is 0 Å². The van der Waals surface area contributed by atoms with Gasteiger partial charge in [0.1, 0.15) is 0 Å². The lowest BCUT2D eigenvalue weighted by atomic mass is 9.96. The van der Waals surface area contributed by atoms with Gasteiger partial charge < -0.3 is 15.1 Å². The van der Waals surface area contributed by atoms with Crippen LogP contribution in [-0.2, 0) is 4.79 Å². The van der Waals surface area contributed by atoms with Crippen LogP contribution in [0.3, 0.4) is 0 Å². The zero-order valence-electron chi connectivity index (χ0n) is 14.2. The third-order valence-electron chi connectivity index (χ3n) is 4.17. The molecule has 0 saturated carbocycles. The van der Waals surface area contributed by atoms with E-state index in [-0.39, 0.29) is 18.3 Å². The highest BCUT2D eigenvalue weighted by Crippen LogP contribution is 2.16. The molecule has 1 amide bonds. The Morgan fingerprint density at radius 1 is 1.14 bits per heavy atom. The van der Waals surface area contributed by atoms with E-state index in [9.17, 15) is 4.79 Å². The smallest absolute Gasteiger partial charge is 0.225 e. The fourth-order valence-corrected chi connectivity index (χ4v) is 2.86. The van der Waals surface area contributed by atoms with Gasteiger partial charge in [0.25, 0.3) is 0 Å². The Bertz CT molecular complexity index is 277. The van der Waals surface area contributed by atoms with Gasteiger partial charge in [0.15, 0.2) is 0 Å². The Morgan fingerprint density at radius 3 is 2.19 bits per heavy atom. The maximum atomic E-state index is 12.7. The van der Waals surface area contributed by atoms with Gasteiger partial charge in [-0.2, -0.15) is 0 Å². The first kappa shape index (κ1) is 20.7. The van der Waals surface area contributed by atoms with E-state index >= 15 is 0 Å². The van der Waals surface area contributed by atoms with E-state index in [4.69, 9.17) is 0 Å². The predicted molar refractivity (Wildman–Crippen MR) is 92.0 cm³/mol. The second-order valence-corrected chi connectivity index (χ2v) is 6.23. The van der Waals surface area contributed by atoms with Crippen LogP contribution < -0.4 is 5.32 Å². The van der Waals surface area contributed by atoms with Crippen LogP contribution in [0.5, 0.6) is 0 Å². The maximum Gasteiger partial charge on any atom is 0.225 e. The molecule has 0 aromatic carbocycles. The molecule has 0 aromatic heterocycles. The summed E-state index contributed by atoms with van der Waals surface area (Å²) in [5.41, 5.74) is 0. The summed E-state index contributed by atoms with van der Waals surface area (Å²) in [5, 5.41) is 3.34. The van der Waals surface area contributed by atoms with Crippen molar-refractivity contribution in [1.82, 2.24) is 15.1 Å². The second-order valence-electron chi connectivity index (χ2n) is 6.23. The highest BCUT2D eigenvalue weighted by Gasteiger charge is 2.26. The van der Waals surface area contributed by atoms with Crippen LogP contribution in [0.2, 0.25) is 0 Å². The zero-order valence-corrected chi connectivity index (χ0v) is 15.0. The fraction of sp³-hybridized carbons (Fsp3) is 0.938. The van der Waals surface area contributed by atoms with E-state index in [1.165, 1.54) is 0 Å². The minimum atomic E-state index is 0. The van der Waals surface area contributed by atoms with Gasteiger partial charge in [0.05, 0.1) is 0 Å². The molecule has 0 spiro atoms. The number of carbonyl (C=O) groups is 1. The van der Waals surface area contributed by atoms with Crippen molar-refractivity contribution in [3.63, 3.8) is 0 Å². The van der Waals surface area contributed by atoms with Crippen molar-refractivity contribution < 1.29 is 4.79 Å². The Balaban J connectivity index is 0.00000400. The Morgan fingerprint density at radius 2 is 1.71 bits per heavy atom. The summed E-state index contributed by atoms with van der Waals surface area (Å²) in [7, 11) is 0. The maximum absolute atomic E-state index is 12.7. The van der Waals surface area contributed by atoms with Gasteiger partial charge in [0.2, 0.25) is 5.91 Å². The van der Waals surface area contributed by atoms with Crippen molar-refractivity contribution in [3.8, 4) is 0 Å². The summed E-state index contributed by atoms with van der Waals surface area (Å²) in [6.45, 7) is 15.6. The molecular weight excluding hydrogens is 286 g/mol. The third-order valence-corrected chi connectivity index (χ3v) is 4.17. The number of amides is 1. The number of hydrogen-bond donors (Lipinski definition) is 1. The van der Waals surface area contributed by atoms with Crippen LogP contribution in [0.1, 0.15) is 40.5 Å². The largest absolute Gasteiger partial charge is 0.341 e. The fourth-order valence-electron chi connectivity index (χ4n) is 2.86. The summed E-state index contributed by atoms with van der Waals surface area (Å²) in [6.07, 6.45) is 2.00. The van der Waals surface area contributed by atoms with E-state index in [2.05, 4.69) is 42.8 Å². The van der Waals surface area contributed by atoms with Crippen molar-refractivity contribution in [2.24, 2.45) is 11.8 Å². The molecule has 1 heterocycles. The van der Waals surface area contributed by atoms with Gasteiger partial charge in [-0.05, 0) is 44.9 Å². The van der Waals surface area contributed by atoms with Crippen LogP contribution in [0, 0.1) is 11.8 Å². The normalized spacial score (nSPS) is 16.1. The van der Waals surface area contributed by atoms with Crippen LogP contribution >= 0.6 is 12.4 Å². The first-order chi connectivity index (χ1) is 9.58. The molecule has 1 aliphatic rings. The molecule has 1 fully saturated rings. The number of nitrogens with one attached hydrogen (secondary N) is 1. The lowest BCUT2D eigenvalue weighted by Crippen LogP contribution is -2.45. The molecular formula is C16H34ClN3O. The first-order valence-electron chi connectivity index (χ1n) is 8.30. The molecule has 5 heteroatoms. The van der Waals surface area contributed by atoms with E-state index in [0.29, 0.717) is 11.8 Å². The summed E-state index contributed by atoms with van der Waals surface area (Å²) in [4.78, 5) is 17.2. The number of rotatable bonds is 8. The Kier molecular flexibility index (Phi) is 11.1. The highest BCUT2D eigenvalue weighted by molar-refractivity contribution is 5.85. The van der Waals surface area contributed by atoms with E-state index in [1.807, 2.05) is 0 Å². The number of halogens is 1. The molecule has 0 atom stereocenters. The molecule has 1 saturated heterocycles. The molecule has 0 unspecified atom stereocenters. The van der Waals surface area contributed by atoms with Gasteiger partial charge in [0, 0.05) is 25.6 Å². The Labute approximate surface area is 137 Å². The number of hydrogen-bond acceptors (Lipinski definition) is 3. The topological polar surface area (TPSA) is 35.6 Å².